The molecule has 0 fully saturated rings. The Hall–Kier alpha value is -1.62. The highest BCUT2D eigenvalue weighted by atomic mass is 16.5. The van der Waals surface area contributed by atoms with E-state index in [9.17, 15) is 19.8 Å². The first kappa shape index (κ1) is 17.4. The average Bonchev–Trinajstić information content (AvgIpc) is 2.48. The number of methoxy groups -OCH3 is 1. The molecule has 0 spiro atoms. The van der Waals surface area contributed by atoms with Gasteiger partial charge in [0.2, 0.25) is 0 Å². The Morgan fingerprint density at radius 3 is 2.67 bits per heavy atom. The van der Waals surface area contributed by atoms with Gasteiger partial charge in [0.05, 0.1) is 13.0 Å². The fraction of sp³-hybridized carbons (Fsp3) is 0.625. The van der Waals surface area contributed by atoms with Gasteiger partial charge in [-0.1, -0.05) is 19.8 Å². The van der Waals surface area contributed by atoms with Crippen molar-refractivity contribution in [3.63, 3.8) is 0 Å². The maximum Gasteiger partial charge on any atom is 0.308 e. The monoisotopic (exact) mass is 296 g/mol. The Morgan fingerprint density at radius 2 is 2.10 bits per heavy atom. The molecule has 0 saturated heterocycles. The number of allylic oxidation sites excluding steroid dienone is 1. The Bertz CT molecular complexity index is 438. The summed E-state index contributed by atoms with van der Waals surface area (Å²) in [5.74, 6) is -0.489. The number of esters is 1. The molecule has 0 heterocycles. The zero-order valence-corrected chi connectivity index (χ0v) is 12.7. The first-order valence-corrected chi connectivity index (χ1v) is 7.31. The van der Waals surface area contributed by atoms with Crippen LogP contribution in [0.1, 0.15) is 45.4 Å². The average molecular weight is 296 g/mol. The van der Waals surface area contributed by atoms with Gasteiger partial charge in [0, 0.05) is 12.8 Å². The van der Waals surface area contributed by atoms with Gasteiger partial charge < -0.3 is 14.9 Å². The van der Waals surface area contributed by atoms with Crippen molar-refractivity contribution in [3.05, 3.63) is 24.0 Å². The molecular weight excluding hydrogens is 272 g/mol. The predicted octanol–water partition coefficient (Wildman–Crippen LogP) is 2.45. The van der Waals surface area contributed by atoms with Crippen molar-refractivity contribution in [2.24, 2.45) is 5.92 Å². The minimum Gasteiger partial charge on any atom is -0.508 e. The summed E-state index contributed by atoms with van der Waals surface area (Å²) in [5.41, 5.74) is -1.48. The Kier molecular flexibility index (Phi) is 6.62. The lowest BCUT2D eigenvalue weighted by Crippen LogP contribution is -2.37. The second-order valence-electron chi connectivity index (χ2n) is 5.54. The van der Waals surface area contributed by atoms with E-state index < -0.39 is 5.60 Å². The zero-order valence-electron chi connectivity index (χ0n) is 12.7. The molecule has 0 radical (unpaired) electrons. The first-order chi connectivity index (χ1) is 9.89. The van der Waals surface area contributed by atoms with Gasteiger partial charge in [-0.05, 0) is 31.1 Å². The normalized spacial score (nSPS) is 22.5. The molecule has 2 N–H and O–H groups in total. The van der Waals surface area contributed by atoms with Crippen LogP contribution < -0.4 is 0 Å². The third kappa shape index (κ3) is 5.34. The summed E-state index contributed by atoms with van der Waals surface area (Å²) in [5, 5.41) is 19.4. The summed E-state index contributed by atoms with van der Waals surface area (Å²) < 4.78 is 4.65. The fourth-order valence-electron chi connectivity index (χ4n) is 2.27. The SMILES string of the molecule is COC(=O)C(C)CCCCCC(=O)C1(O)C=CC(O)=CC1. The zero-order chi connectivity index (χ0) is 15.9. The fourth-order valence-corrected chi connectivity index (χ4v) is 2.27. The molecule has 2 unspecified atom stereocenters. The number of aliphatic hydroxyl groups is 2. The second kappa shape index (κ2) is 7.98. The highest BCUT2D eigenvalue weighted by Gasteiger charge is 2.32. The minimum absolute atomic E-state index is 0.0734. The second-order valence-corrected chi connectivity index (χ2v) is 5.54. The molecule has 1 rings (SSSR count). The lowest BCUT2D eigenvalue weighted by atomic mass is 9.87. The number of rotatable bonds is 8. The van der Waals surface area contributed by atoms with Crippen LogP contribution in [0.15, 0.2) is 24.0 Å². The number of hydrogen-bond acceptors (Lipinski definition) is 5. The number of carbonyl (C=O) groups excluding carboxylic acids is 2. The van der Waals surface area contributed by atoms with Crippen LogP contribution in [0.25, 0.3) is 0 Å². The summed E-state index contributed by atoms with van der Waals surface area (Å²) >= 11 is 0. The Morgan fingerprint density at radius 1 is 1.38 bits per heavy atom. The summed E-state index contributed by atoms with van der Waals surface area (Å²) in [7, 11) is 1.38. The van der Waals surface area contributed by atoms with Gasteiger partial charge in [-0.3, -0.25) is 9.59 Å². The van der Waals surface area contributed by atoms with E-state index in [0.29, 0.717) is 12.8 Å². The van der Waals surface area contributed by atoms with E-state index in [-0.39, 0.29) is 29.9 Å². The lowest BCUT2D eigenvalue weighted by molar-refractivity contribution is -0.145. The van der Waals surface area contributed by atoms with Gasteiger partial charge in [-0.15, -0.1) is 0 Å². The molecule has 1 aliphatic carbocycles. The highest BCUT2D eigenvalue weighted by molar-refractivity contribution is 5.89. The van der Waals surface area contributed by atoms with Crippen LogP contribution in [0.5, 0.6) is 0 Å². The van der Waals surface area contributed by atoms with Crippen molar-refractivity contribution in [2.45, 2.75) is 51.0 Å². The summed E-state index contributed by atoms with van der Waals surface area (Å²) in [6.45, 7) is 1.82. The summed E-state index contributed by atoms with van der Waals surface area (Å²) in [6.07, 6.45) is 7.64. The van der Waals surface area contributed by atoms with Crippen LogP contribution in [-0.4, -0.2) is 34.7 Å². The number of ketones is 1. The van der Waals surface area contributed by atoms with E-state index in [1.807, 2.05) is 6.92 Å². The van der Waals surface area contributed by atoms with E-state index in [1.165, 1.54) is 25.3 Å². The van der Waals surface area contributed by atoms with Crippen LogP contribution in [0.4, 0.5) is 0 Å². The molecular formula is C16H24O5. The Balaban J connectivity index is 2.23. The van der Waals surface area contributed by atoms with Gasteiger partial charge in [-0.2, -0.15) is 0 Å². The minimum atomic E-state index is -1.48. The van der Waals surface area contributed by atoms with Gasteiger partial charge in [0.25, 0.3) is 0 Å². The maximum absolute atomic E-state index is 12.0. The molecule has 2 atom stereocenters. The molecule has 0 bridgehead atoms. The number of aliphatic hydroxyl groups excluding tert-OH is 1. The summed E-state index contributed by atoms with van der Waals surface area (Å²) in [6, 6.07) is 0. The van der Waals surface area contributed by atoms with Crippen molar-refractivity contribution in [1.82, 2.24) is 0 Å². The number of unbranched alkanes of at least 4 members (excludes halogenated alkanes) is 2. The lowest BCUT2D eigenvalue weighted by Gasteiger charge is -2.24. The number of carbonyl (C=O) groups is 2. The van der Waals surface area contributed by atoms with Crippen LogP contribution in [0.2, 0.25) is 0 Å². The Labute approximate surface area is 125 Å². The molecule has 0 aromatic rings. The number of Topliss-reactive ketones (excluding diaryl/α,β-unsaturated/α-hetero) is 1. The number of ether oxygens (including phenoxy) is 1. The smallest absolute Gasteiger partial charge is 0.308 e. The van der Waals surface area contributed by atoms with Crippen LogP contribution in [0.3, 0.4) is 0 Å². The van der Waals surface area contributed by atoms with Crippen molar-refractivity contribution >= 4 is 11.8 Å². The molecule has 0 amide bonds. The molecule has 5 nitrogen and oxygen atoms in total. The first-order valence-electron chi connectivity index (χ1n) is 7.31. The van der Waals surface area contributed by atoms with Gasteiger partial charge in [0.15, 0.2) is 5.78 Å². The molecule has 0 aromatic heterocycles. The van der Waals surface area contributed by atoms with Crippen molar-refractivity contribution < 1.29 is 24.5 Å². The standard InChI is InChI=1S/C16H24O5/c1-12(15(19)21-2)6-4-3-5-7-14(18)16(20)10-8-13(17)9-11-16/h8-10,12,17,20H,3-7,11H2,1-2H3. The highest BCUT2D eigenvalue weighted by Crippen LogP contribution is 2.23. The molecule has 0 aromatic carbocycles. The van der Waals surface area contributed by atoms with Crippen LogP contribution in [0, 0.1) is 5.92 Å². The topological polar surface area (TPSA) is 83.8 Å². The largest absolute Gasteiger partial charge is 0.508 e. The van der Waals surface area contributed by atoms with E-state index in [1.54, 1.807) is 0 Å². The van der Waals surface area contributed by atoms with Gasteiger partial charge >= 0.3 is 5.97 Å². The predicted molar refractivity (Wildman–Crippen MR) is 78.7 cm³/mol. The van der Waals surface area contributed by atoms with Gasteiger partial charge in [-0.25, -0.2) is 0 Å². The molecule has 118 valence electrons. The van der Waals surface area contributed by atoms with Crippen molar-refractivity contribution in [3.8, 4) is 0 Å². The molecule has 0 aliphatic heterocycles. The summed E-state index contributed by atoms with van der Waals surface area (Å²) in [4.78, 5) is 23.2. The third-order valence-corrected chi connectivity index (χ3v) is 3.78. The van der Waals surface area contributed by atoms with Gasteiger partial charge in [0.1, 0.15) is 11.4 Å². The quantitative estimate of drug-likeness (QED) is 0.531. The molecule has 5 heteroatoms. The number of hydrogen-bond donors (Lipinski definition) is 2. The van der Waals surface area contributed by atoms with E-state index >= 15 is 0 Å². The van der Waals surface area contributed by atoms with Crippen molar-refractivity contribution in [2.75, 3.05) is 7.11 Å². The van der Waals surface area contributed by atoms with Crippen molar-refractivity contribution in [1.29, 1.82) is 0 Å². The van der Waals surface area contributed by atoms with E-state index in [4.69, 9.17) is 0 Å². The van der Waals surface area contributed by atoms with Crippen LogP contribution >= 0.6 is 0 Å². The van der Waals surface area contributed by atoms with E-state index in [0.717, 1.165) is 19.3 Å². The molecule has 21 heavy (non-hydrogen) atoms. The van der Waals surface area contributed by atoms with E-state index in [2.05, 4.69) is 4.74 Å². The molecule has 0 saturated carbocycles. The maximum atomic E-state index is 12.0. The van der Waals surface area contributed by atoms with Crippen LogP contribution in [-0.2, 0) is 14.3 Å². The third-order valence-electron chi connectivity index (χ3n) is 3.78. The molecule has 1 aliphatic rings.